The van der Waals surface area contributed by atoms with Crippen molar-refractivity contribution < 1.29 is 14.3 Å². The van der Waals surface area contributed by atoms with Crippen LogP contribution in [0, 0.1) is 0 Å². The molecule has 0 bridgehead atoms. The molecule has 1 fully saturated rings. The van der Waals surface area contributed by atoms with Gasteiger partial charge < -0.3 is 19.4 Å². The molecule has 158 valence electrons. The molecule has 1 N–H and O–H groups in total. The Hall–Kier alpha value is -2.86. The van der Waals surface area contributed by atoms with E-state index in [0.29, 0.717) is 32.2 Å². The molecule has 0 spiro atoms. The van der Waals surface area contributed by atoms with Gasteiger partial charge in [-0.3, -0.25) is 4.79 Å². The Balaban J connectivity index is 1.42. The normalized spacial score (nSPS) is 16.3. The molecule has 0 aliphatic carbocycles. The lowest BCUT2D eigenvalue weighted by molar-refractivity contribution is -0.130. The van der Waals surface area contributed by atoms with Crippen LogP contribution in [0.1, 0.15) is 44.0 Å². The first-order chi connectivity index (χ1) is 14.6. The van der Waals surface area contributed by atoms with Crippen LogP contribution in [-0.4, -0.2) is 34.8 Å². The Labute approximate surface area is 177 Å². The molecule has 1 aliphatic heterocycles. The Bertz CT molecular complexity index is 989. The van der Waals surface area contributed by atoms with E-state index in [1.165, 1.54) is 5.56 Å². The zero-order valence-electron chi connectivity index (χ0n) is 17.6. The van der Waals surface area contributed by atoms with Crippen molar-refractivity contribution in [1.82, 2.24) is 14.9 Å². The van der Waals surface area contributed by atoms with Crippen molar-refractivity contribution in [1.29, 1.82) is 0 Å². The summed E-state index contributed by atoms with van der Waals surface area (Å²) in [4.78, 5) is 17.0. The van der Waals surface area contributed by atoms with Crippen molar-refractivity contribution in [3.05, 3.63) is 59.9 Å². The molecule has 0 radical (unpaired) electrons. The number of hydrogen-bond donors (Lipinski definition) is 1. The van der Waals surface area contributed by atoms with Crippen molar-refractivity contribution in [2.45, 2.75) is 51.8 Å². The van der Waals surface area contributed by atoms with Gasteiger partial charge in [0.25, 0.3) is 0 Å². The summed E-state index contributed by atoms with van der Waals surface area (Å²) in [7, 11) is 0. The number of aromatic nitrogens is 2. The summed E-state index contributed by atoms with van der Waals surface area (Å²) in [5.41, 5.74) is 3.25. The van der Waals surface area contributed by atoms with Gasteiger partial charge in [0.15, 0.2) is 0 Å². The van der Waals surface area contributed by atoms with E-state index in [-0.39, 0.29) is 12.0 Å². The third-order valence-electron chi connectivity index (χ3n) is 5.51. The largest absolute Gasteiger partial charge is 0.492 e. The Morgan fingerprint density at radius 1 is 1.23 bits per heavy atom. The van der Waals surface area contributed by atoms with Crippen LogP contribution < -0.4 is 10.1 Å². The lowest BCUT2D eigenvalue weighted by Crippen LogP contribution is -2.34. The van der Waals surface area contributed by atoms with E-state index in [1.54, 1.807) is 0 Å². The smallest absolute Gasteiger partial charge is 0.249 e. The molecule has 1 atom stereocenters. The number of rotatable bonds is 8. The topological polar surface area (TPSA) is 65.4 Å². The van der Waals surface area contributed by atoms with Crippen LogP contribution in [0.25, 0.3) is 11.0 Å². The second-order valence-electron chi connectivity index (χ2n) is 7.96. The zero-order valence-corrected chi connectivity index (χ0v) is 17.6. The fourth-order valence-corrected chi connectivity index (χ4v) is 3.78. The summed E-state index contributed by atoms with van der Waals surface area (Å²) in [6.45, 7) is 6.56. The molecule has 1 amide bonds. The average molecular weight is 408 g/mol. The van der Waals surface area contributed by atoms with Gasteiger partial charge in [0, 0.05) is 6.61 Å². The van der Waals surface area contributed by atoms with Gasteiger partial charge in [-0.25, -0.2) is 4.98 Å². The number of benzene rings is 2. The predicted molar refractivity (Wildman–Crippen MR) is 117 cm³/mol. The van der Waals surface area contributed by atoms with Gasteiger partial charge >= 0.3 is 0 Å². The van der Waals surface area contributed by atoms with Gasteiger partial charge in [0.05, 0.1) is 24.1 Å². The summed E-state index contributed by atoms with van der Waals surface area (Å²) >= 11 is 0. The van der Waals surface area contributed by atoms with E-state index < -0.39 is 0 Å². The highest BCUT2D eigenvalue weighted by molar-refractivity contribution is 5.81. The Kier molecular flexibility index (Phi) is 6.33. The molecule has 4 rings (SSSR count). The van der Waals surface area contributed by atoms with E-state index in [2.05, 4.69) is 35.9 Å². The number of nitrogens with one attached hydrogen (secondary N) is 1. The third kappa shape index (κ3) is 4.65. The minimum absolute atomic E-state index is 0.0624. The van der Waals surface area contributed by atoms with Crippen molar-refractivity contribution >= 4 is 16.9 Å². The van der Waals surface area contributed by atoms with Crippen LogP contribution in [0.3, 0.4) is 0 Å². The van der Waals surface area contributed by atoms with E-state index in [1.807, 2.05) is 36.4 Å². The molecule has 3 aromatic rings. The lowest BCUT2D eigenvalue weighted by Gasteiger charge is -2.13. The predicted octanol–water partition coefficient (Wildman–Crippen LogP) is 4.03. The molecule has 1 aliphatic rings. The quantitative estimate of drug-likeness (QED) is 0.612. The van der Waals surface area contributed by atoms with Gasteiger partial charge in [-0.2, -0.15) is 0 Å². The summed E-state index contributed by atoms with van der Waals surface area (Å²) < 4.78 is 13.6. The molecular formula is C24H29N3O3. The van der Waals surface area contributed by atoms with Crippen molar-refractivity contribution in [2.24, 2.45) is 0 Å². The molecule has 1 saturated heterocycles. The maximum Gasteiger partial charge on any atom is 0.249 e. The van der Waals surface area contributed by atoms with Crippen molar-refractivity contribution in [2.75, 3.05) is 13.2 Å². The number of carbonyl (C=O) groups excluding carboxylic acids is 1. The molecule has 6 nitrogen and oxygen atoms in total. The summed E-state index contributed by atoms with van der Waals surface area (Å²) in [6.07, 6.45) is 1.39. The highest BCUT2D eigenvalue weighted by atomic mass is 16.5. The van der Waals surface area contributed by atoms with Gasteiger partial charge in [-0.05, 0) is 48.6 Å². The van der Waals surface area contributed by atoms with Crippen molar-refractivity contribution in [3.8, 4) is 5.75 Å². The fourth-order valence-electron chi connectivity index (χ4n) is 3.78. The number of hydrogen-bond acceptors (Lipinski definition) is 4. The average Bonchev–Trinajstić information content (AvgIpc) is 3.41. The first kappa shape index (κ1) is 20.4. The molecular weight excluding hydrogens is 378 g/mol. The number of fused-ring (bicyclic) bond motifs is 1. The zero-order chi connectivity index (χ0) is 20.9. The van der Waals surface area contributed by atoms with E-state index >= 15 is 0 Å². The standard InChI is InChI=1S/C24H29N3O3/c1-17(2)18-9-11-19(12-10-18)29-15-13-27-21-7-4-3-6-20(21)26-23(27)16-25-24(28)22-8-5-14-30-22/h3-4,6-7,9-12,17,22H,5,8,13-16H2,1-2H3,(H,25,28). The lowest BCUT2D eigenvalue weighted by atomic mass is 10.0. The molecule has 2 heterocycles. The maximum atomic E-state index is 12.3. The first-order valence-corrected chi connectivity index (χ1v) is 10.7. The molecule has 1 unspecified atom stereocenters. The maximum absolute atomic E-state index is 12.3. The van der Waals surface area contributed by atoms with Gasteiger partial charge in [0.2, 0.25) is 5.91 Å². The van der Waals surface area contributed by atoms with Gasteiger partial charge in [-0.15, -0.1) is 0 Å². The summed E-state index contributed by atoms with van der Waals surface area (Å²) in [5, 5.41) is 2.98. The minimum atomic E-state index is -0.333. The molecule has 6 heteroatoms. The Morgan fingerprint density at radius 3 is 2.77 bits per heavy atom. The number of imidazole rings is 1. The summed E-state index contributed by atoms with van der Waals surface area (Å²) in [5.74, 6) is 2.12. The highest BCUT2D eigenvalue weighted by Crippen LogP contribution is 2.20. The molecule has 0 saturated carbocycles. The number of nitrogens with zero attached hydrogens (tertiary/aromatic N) is 2. The van der Waals surface area contributed by atoms with Crippen LogP contribution in [0.4, 0.5) is 0 Å². The number of amides is 1. The van der Waals surface area contributed by atoms with E-state index in [0.717, 1.165) is 35.4 Å². The van der Waals surface area contributed by atoms with Crippen LogP contribution in [0.5, 0.6) is 5.75 Å². The number of ether oxygens (including phenoxy) is 2. The first-order valence-electron chi connectivity index (χ1n) is 10.7. The minimum Gasteiger partial charge on any atom is -0.492 e. The summed E-state index contributed by atoms with van der Waals surface area (Å²) in [6, 6.07) is 16.3. The number of para-hydroxylation sites is 2. The molecule has 2 aromatic carbocycles. The molecule has 30 heavy (non-hydrogen) atoms. The van der Waals surface area contributed by atoms with Gasteiger partial charge in [-0.1, -0.05) is 38.1 Å². The monoisotopic (exact) mass is 407 g/mol. The van der Waals surface area contributed by atoms with E-state index in [4.69, 9.17) is 14.5 Å². The van der Waals surface area contributed by atoms with Crippen molar-refractivity contribution in [3.63, 3.8) is 0 Å². The number of carbonyl (C=O) groups is 1. The second kappa shape index (κ2) is 9.30. The Morgan fingerprint density at radius 2 is 2.03 bits per heavy atom. The third-order valence-corrected chi connectivity index (χ3v) is 5.51. The van der Waals surface area contributed by atoms with Gasteiger partial charge in [0.1, 0.15) is 24.3 Å². The fraction of sp³-hybridized carbons (Fsp3) is 0.417. The second-order valence-corrected chi connectivity index (χ2v) is 7.96. The van der Waals surface area contributed by atoms with Crippen LogP contribution in [-0.2, 0) is 22.6 Å². The van der Waals surface area contributed by atoms with E-state index in [9.17, 15) is 4.79 Å². The van der Waals surface area contributed by atoms with Crippen LogP contribution in [0.2, 0.25) is 0 Å². The highest BCUT2D eigenvalue weighted by Gasteiger charge is 2.23. The SMILES string of the molecule is CC(C)c1ccc(OCCn2c(CNC(=O)C3CCCO3)nc3ccccc32)cc1. The van der Waals surface area contributed by atoms with Crippen LogP contribution >= 0.6 is 0 Å². The molecule has 1 aromatic heterocycles. The van der Waals surface area contributed by atoms with Crippen LogP contribution in [0.15, 0.2) is 48.5 Å².